The number of nitrogens with zero attached hydrogens (tertiary/aromatic N) is 2. The van der Waals surface area contributed by atoms with Crippen LogP contribution < -0.4 is 15.0 Å². The second-order valence-electron chi connectivity index (χ2n) is 8.49. The summed E-state index contributed by atoms with van der Waals surface area (Å²) in [6, 6.07) is 19.1. The van der Waals surface area contributed by atoms with E-state index in [-0.39, 0.29) is 22.3 Å². The van der Waals surface area contributed by atoms with Gasteiger partial charge < -0.3 is 10.1 Å². The molecule has 4 rings (SSSR count). The Morgan fingerprint density at radius 3 is 2.51 bits per heavy atom. The second kappa shape index (κ2) is 9.72. The van der Waals surface area contributed by atoms with Gasteiger partial charge in [-0.3, -0.25) is 14.4 Å². The largest absolute Gasteiger partial charge is 0.481 e. The van der Waals surface area contributed by atoms with Crippen molar-refractivity contribution in [3.8, 4) is 5.88 Å². The van der Waals surface area contributed by atoms with Gasteiger partial charge in [0.1, 0.15) is 5.69 Å². The smallest absolute Gasteiger partial charge is 0.274 e. The normalized spacial score (nSPS) is 17.7. The fourth-order valence-corrected chi connectivity index (χ4v) is 4.25. The van der Waals surface area contributed by atoms with E-state index in [1.54, 1.807) is 37.3 Å². The maximum Gasteiger partial charge on any atom is 0.274 e. The van der Waals surface area contributed by atoms with Crippen molar-refractivity contribution in [1.82, 2.24) is 4.98 Å². The molecule has 8 heteroatoms. The van der Waals surface area contributed by atoms with E-state index >= 15 is 0 Å². The third kappa shape index (κ3) is 4.81. The van der Waals surface area contributed by atoms with Crippen molar-refractivity contribution in [3.05, 3.63) is 94.7 Å². The molecule has 0 saturated carbocycles. The lowest BCUT2D eigenvalue weighted by molar-refractivity contribution is -0.130. The van der Waals surface area contributed by atoms with Gasteiger partial charge in [0.15, 0.2) is 0 Å². The monoisotopic (exact) mass is 489 g/mol. The van der Waals surface area contributed by atoms with Gasteiger partial charge in [0, 0.05) is 17.8 Å². The van der Waals surface area contributed by atoms with Crippen LogP contribution in [0.2, 0.25) is 5.02 Å². The zero-order valence-electron chi connectivity index (χ0n) is 19.5. The van der Waals surface area contributed by atoms with Crippen LogP contribution in [0, 0.1) is 5.41 Å². The molecule has 7 nitrogen and oxygen atoms in total. The summed E-state index contributed by atoms with van der Waals surface area (Å²) in [5.41, 5.74) is 1.58. The molecule has 0 spiro atoms. The van der Waals surface area contributed by atoms with E-state index in [0.29, 0.717) is 23.6 Å². The Labute approximate surface area is 208 Å². The highest BCUT2D eigenvalue weighted by atomic mass is 35.5. The predicted molar refractivity (Wildman–Crippen MR) is 135 cm³/mol. The highest BCUT2D eigenvalue weighted by Crippen LogP contribution is 2.40. The lowest BCUT2D eigenvalue weighted by Crippen LogP contribution is -2.50. The number of carbonyl (C=O) groups is 3. The second-order valence-corrected chi connectivity index (χ2v) is 8.89. The lowest BCUT2D eigenvalue weighted by Gasteiger charge is -2.38. The first-order valence-electron chi connectivity index (χ1n) is 11.0. The molecule has 1 unspecified atom stereocenters. The van der Waals surface area contributed by atoms with Crippen LogP contribution in [0.15, 0.2) is 78.4 Å². The maximum absolute atomic E-state index is 13.6. The van der Waals surface area contributed by atoms with Gasteiger partial charge in [0.05, 0.1) is 23.2 Å². The van der Waals surface area contributed by atoms with Gasteiger partial charge in [-0.15, -0.1) is 0 Å². The molecule has 0 aliphatic carbocycles. The molecular weight excluding hydrogens is 466 g/mol. The summed E-state index contributed by atoms with van der Waals surface area (Å²) in [5, 5.41) is 2.87. The minimum atomic E-state index is -0.913. The van der Waals surface area contributed by atoms with E-state index in [0.717, 1.165) is 10.5 Å². The van der Waals surface area contributed by atoms with Crippen LogP contribution in [0.1, 0.15) is 29.9 Å². The highest BCUT2D eigenvalue weighted by molar-refractivity contribution is 6.36. The summed E-state index contributed by atoms with van der Waals surface area (Å²) in [6.45, 7) is 3.63. The number of methoxy groups -OCH3 is 1. The fraction of sp³-hybridized carbons (Fsp3) is 0.185. The van der Waals surface area contributed by atoms with Crippen molar-refractivity contribution in [2.75, 3.05) is 17.3 Å². The van der Waals surface area contributed by atoms with Crippen molar-refractivity contribution in [2.24, 2.45) is 5.41 Å². The van der Waals surface area contributed by atoms with E-state index in [4.69, 9.17) is 16.3 Å². The van der Waals surface area contributed by atoms with E-state index in [1.807, 2.05) is 37.3 Å². The zero-order chi connectivity index (χ0) is 25.2. The van der Waals surface area contributed by atoms with Gasteiger partial charge in [-0.1, -0.05) is 53.6 Å². The van der Waals surface area contributed by atoms with E-state index in [1.165, 1.54) is 19.3 Å². The lowest BCUT2D eigenvalue weighted by atomic mass is 9.74. The summed E-state index contributed by atoms with van der Waals surface area (Å²) >= 11 is 6.51. The minimum absolute atomic E-state index is 0.151. The fourth-order valence-electron chi connectivity index (χ4n) is 3.99. The molecule has 2 aromatic carbocycles. The average molecular weight is 490 g/mol. The van der Waals surface area contributed by atoms with Crippen LogP contribution in [0.5, 0.6) is 5.88 Å². The van der Waals surface area contributed by atoms with Crippen molar-refractivity contribution >= 4 is 40.7 Å². The summed E-state index contributed by atoms with van der Waals surface area (Å²) in [6.07, 6.45) is 1.92. The van der Waals surface area contributed by atoms with Crippen LogP contribution in [0.25, 0.3) is 0 Å². The van der Waals surface area contributed by atoms with Crippen LogP contribution in [-0.2, 0) is 16.0 Å². The number of hydrogen-bond acceptors (Lipinski definition) is 5. The average Bonchev–Trinajstić information content (AvgIpc) is 2.85. The Bertz CT molecular complexity index is 1340. The molecular formula is C27H24ClN3O4. The minimum Gasteiger partial charge on any atom is -0.481 e. The van der Waals surface area contributed by atoms with Crippen molar-refractivity contribution in [2.45, 2.75) is 20.3 Å². The predicted octanol–water partition coefficient (Wildman–Crippen LogP) is 5.06. The molecule has 1 aromatic heterocycles. The van der Waals surface area contributed by atoms with E-state index < -0.39 is 17.2 Å². The molecule has 35 heavy (non-hydrogen) atoms. The summed E-state index contributed by atoms with van der Waals surface area (Å²) in [5.74, 6) is -0.954. The number of pyridine rings is 1. The van der Waals surface area contributed by atoms with Crippen molar-refractivity contribution in [1.29, 1.82) is 0 Å². The first-order valence-corrected chi connectivity index (χ1v) is 11.3. The first-order chi connectivity index (χ1) is 16.7. The third-order valence-electron chi connectivity index (χ3n) is 6.12. The molecule has 1 aliphatic heterocycles. The van der Waals surface area contributed by atoms with Gasteiger partial charge in [-0.05, 0) is 50.1 Å². The van der Waals surface area contributed by atoms with Gasteiger partial charge in [0.25, 0.3) is 11.8 Å². The number of carbonyl (C=O) groups excluding carboxylic acids is 3. The molecule has 0 fully saturated rings. The number of rotatable bonds is 6. The Balaban J connectivity index is 1.60. The van der Waals surface area contributed by atoms with E-state index in [2.05, 4.69) is 10.3 Å². The van der Waals surface area contributed by atoms with Gasteiger partial charge in [0.2, 0.25) is 11.8 Å². The Kier molecular flexibility index (Phi) is 6.71. The molecule has 2 heterocycles. The molecule has 0 saturated heterocycles. The SMILES string of the molecule is COc1cccc(C(=O)Nc2ccc(N3C(=O)C=C(C)C(C)(Cc4ccccc4)C3=O)c(Cl)c2)n1. The summed E-state index contributed by atoms with van der Waals surface area (Å²) < 4.78 is 5.05. The highest BCUT2D eigenvalue weighted by Gasteiger charge is 2.45. The Morgan fingerprint density at radius 2 is 1.83 bits per heavy atom. The maximum atomic E-state index is 13.6. The topological polar surface area (TPSA) is 88.6 Å². The summed E-state index contributed by atoms with van der Waals surface area (Å²) in [7, 11) is 1.47. The molecule has 0 radical (unpaired) electrons. The number of anilines is 2. The molecule has 178 valence electrons. The number of nitrogens with one attached hydrogen (secondary N) is 1. The molecule has 1 N–H and O–H groups in total. The van der Waals surface area contributed by atoms with Crippen LogP contribution in [0.4, 0.5) is 11.4 Å². The number of hydrogen-bond donors (Lipinski definition) is 1. The van der Waals surface area contributed by atoms with Crippen LogP contribution in [-0.4, -0.2) is 29.8 Å². The first kappa shape index (κ1) is 24.2. The van der Waals surface area contributed by atoms with Crippen molar-refractivity contribution in [3.63, 3.8) is 0 Å². The molecule has 3 aromatic rings. The van der Waals surface area contributed by atoms with Crippen molar-refractivity contribution < 1.29 is 19.1 Å². The molecule has 0 bridgehead atoms. The molecule has 3 amide bonds. The molecule has 1 aliphatic rings. The third-order valence-corrected chi connectivity index (χ3v) is 6.42. The number of benzene rings is 2. The summed E-state index contributed by atoms with van der Waals surface area (Å²) in [4.78, 5) is 44.3. The van der Waals surface area contributed by atoms with Crippen LogP contribution >= 0.6 is 11.6 Å². The van der Waals surface area contributed by atoms with Crippen LogP contribution in [0.3, 0.4) is 0 Å². The van der Waals surface area contributed by atoms with Gasteiger partial charge >= 0.3 is 0 Å². The Morgan fingerprint density at radius 1 is 1.09 bits per heavy atom. The van der Waals surface area contributed by atoms with Gasteiger partial charge in [-0.2, -0.15) is 0 Å². The number of aromatic nitrogens is 1. The standard InChI is InChI=1S/C27H24ClN3O4/c1-17-14-24(32)31(26(34)27(17,2)16-18-8-5-4-6-9-18)22-13-12-19(15-20(22)28)29-25(33)21-10-7-11-23(30-21)35-3/h4-15H,16H2,1-3H3,(H,29,33). The van der Waals surface area contributed by atoms with Gasteiger partial charge in [-0.25, -0.2) is 9.88 Å². The molecule has 1 atom stereocenters. The number of halogens is 1. The quantitative estimate of drug-likeness (QED) is 0.489. The number of imide groups is 1. The zero-order valence-corrected chi connectivity index (χ0v) is 20.3. The number of ether oxygens (including phenoxy) is 1. The number of amides is 3. The Hall–Kier alpha value is -3.97. The van der Waals surface area contributed by atoms with E-state index in [9.17, 15) is 14.4 Å².